The number of amides is 2. The fourth-order valence-corrected chi connectivity index (χ4v) is 3.04. The van der Waals surface area contributed by atoms with Gasteiger partial charge in [-0.3, -0.25) is 14.6 Å². The number of anilines is 2. The van der Waals surface area contributed by atoms with E-state index < -0.39 is 11.8 Å². The number of aromatic nitrogens is 1. The Labute approximate surface area is 176 Å². The van der Waals surface area contributed by atoms with Gasteiger partial charge in [0.2, 0.25) is 5.76 Å². The summed E-state index contributed by atoms with van der Waals surface area (Å²) in [5, 5.41) is 5.99. The highest BCUT2D eigenvalue weighted by Crippen LogP contribution is 2.31. The predicted molar refractivity (Wildman–Crippen MR) is 114 cm³/mol. The molecular formula is C22H16ClN3O4. The third-order valence-corrected chi connectivity index (χ3v) is 4.60. The lowest BCUT2D eigenvalue weighted by molar-refractivity contribution is 0.0999. The first-order valence-electron chi connectivity index (χ1n) is 8.95. The van der Waals surface area contributed by atoms with E-state index >= 15 is 0 Å². The smallest absolute Gasteiger partial charge is 0.293 e. The number of rotatable bonds is 5. The molecule has 150 valence electrons. The second-order valence-corrected chi connectivity index (χ2v) is 6.71. The van der Waals surface area contributed by atoms with E-state index in [1.807, 2.05) is 0 Å². The maximum atomic E-state index is 13.0. The second kappa shape index (κ2) is 8.26. The number of carbonyl (C=O) groups is 2. The van der Waals surface area contributed by atoms with Gasteiger partial charge in [0.25, 0.3) is 11.8 Å². The van der Waals surface area contributed by atoms with E-state index in [1.165, 1.54) is 7.11 Å². The Bertz CT molecular complexity index is 1230. The first-order chi connectivity index (χ1) is 14.6. The molecule has 2 amide bonds. The minimum Gasteiger partial charge on any atom is -0.495 e. The first kappa shape index (κ1) is 19.5. The van der Waals surface area contributed by atoms with Gasteiger partial charge in [0.15, 0.2) is 5.58 Å². The van der Waals surface area contributed by atoms with Crippen LogP contribution in [0.15, 0.2) is 71.3 Å². The molecule has 0 atom stereocenters. The molecule has 0 spiro atoms. The van der Waals surface area contributed by atoms with Gasteiger partial charge in [-0.15, -0.1) is 0 Å². The molecule has 7 nitrogen and oxygen atoms in total. The number of methoxy groups -OCH3 is 1. The molecule has 0 saturated heterocycles. The zero-order chi connectivity index (χ0) is 21.1. The van der Waals surface area contributed by atoms with Crippen molar-refractivity contribution in [2.75, 3.05) is 17.7 Å². The van der Waals surface area contributed by atoms with E-state index in [0.29, 0.717) is 33.1 Å². The SMILES string of the molecule is COc1ccccc1NC(=O)c1oc2cccnc2c1NC(=O)c1ccc(Cl)cc1. The van der Waals surface area contributed by atoms with Crippen LogP contribution in [0.4, 0.5) is 11.4 Å². The first-order valence-corrected chi connectivity index (χ1v) is 9.33. The van der Waals surface area contributed by atoms with Gasteiger partial charge in [0.05, 0.1) is 12.8 Å². The van der Waals surface area contributed by atoms with Crippen LogP contribution in [0.5, 0.6) is 5.75 Å². The van der Waals surface area contributed by atoms with Crippen LogP contribution in [0, 0.1) is 0 Å². The van der Waals surface area contributed by atoms with Crippen molar-refractivity contribution >= 4 is 45.9 Å². The molecule has 30 heavy (non-hydrogen) atoms. The van der Waals surface area contributed by atoms with Crippen molar-refractivity contribution in [2.45, 2.75) is 0 Å². The van der Waals surface area contributed by atoms with Gasteiger partial charge in [0.1, 0.15) is 17.0 Å². The highest BCUT2D eigenvalue weighted by molar-refractivity contribution is 6.30. The van der Waals surface area contributed by atoms with Gasteiger partial charge in [-0.05, 0) is 48.5 Å². The molecule has 0 saturated carbocycles. The standard InChI is InChI=1S/C22H16ClN3O4/c1-29-16-6-3-2-5-15(16)25-22(28)20-19(18-17(30-20)7-4-12-24-18)26-21(27)13-8-10-14(23)11-9-13/h2-12H,1H3,(H,25,28)(H,26,27). The number of para-hydroxylation sites is 2. The summed E-state index contributed by atoms with van der Waals surface area (Å²) in [4.78, 5) is 30.0. The lowest BCUT2D eigenvalue weighted by Crippen LogP contribution is -2.17. The van der Waals surface area contributed by atoms with Gasteiger partial charge in [0, 0.05) is 16.8 Å². The number of hydrogen-bond donors (Lipinski definition) is 2. The Morgan fingerprint density at radius 3 is 2.50 bits per heavy atom. The number of ether oxygens (including phenoxy) is 1. The number of halogens is 1. The lowest BCUT2D eigenvalue weighted by atomic mass is 10.2. The minimum atomic E-state index is -0.552. The lowest BCUT2D eigenvalue weighted by Gasteiger charge is -2.10. The van der Waals surface area contributed by atoms with Crippen molar-refractivity contribution in [3.8, 4) is 5.75 Å². The quantitative estimate of drug-likeness (QED) is 0.473. The molecule has 2 aromatic carbocycles. The molecule has 0 aliphatic rings. The van der Waals surface area contributed by atoms with Crippen LogP contribution >= 0.6 is 11.6 Å². The molecule has 8 heteroatoms. The average molecular weight is 422 g/mol. The molecule has 0 unspecified atom stereocenters. The van der Waals surface area contributed by atoms with Gasteiger partial charge in [-0.25, -0.2) is 0 Å². The molecule has 4 aromatic rings. The fourth-order valence-electron chi connectivity index (χ4n) is 2.92. The van der Waals surface area contributed by atoms with Crippen molar-refractivity contribution < 1.29 is 18.7 Å². The van der Waals surface area contributed by atoms with E-state index in [1.54, 1.807) is 66.9 Å². The van der Waals surface area contributed by atoms with Crippen LogP contribution in [-0.2, 0) is 0 Å². The number of fused-ring (bicyclic) bond motifs is 1. The molecule has 2 aromatic heterocycles. The maximum absolute atomic E-state index is 13.0. The third kappa shape index (κ3) is 3.83. The Balaban J connectivity index is 1.70. The Morgan fingerprint density at radius 2 is 1.73 bits per heavy atom. The van der Waals surface area contributed by atoms with E-state index in [4.69, 9.17) is 20.8 Å². The summed E-state index contributed by atoms with van der Waals surface area (Å²) in [6.45, 7) is 0. The second-order valence-electron chi connectivity index (χ2n) is 6.27. The van der Waals surface area contributed by atoms with Crippen molar-refractivity contribution in [3.05, 3.63) is 83.2 Å². The van der Waals surface area contributed by atoms with Crippen molar-refractivity contribution in [1.82, 2.24) is 4.98 Å². The number of hydrogen-bond acceptors (Lipinski definition) is 5. The van der Waals surface area contributed by atoms with Crippen LogP contribution in [0.25, 0.3) is 11.1 Å². The molecule has 0 radical (unpaired) electrons. The molecule has 0 aliphatic carbocycles. The maximum Gasteiger partial charge on any atom is 0.293 e. The van der Waals surface area contributed by atoms with Gasteiger partial charge in [-0.2, -0.15) is 0 Å². The van der Waals surface area contributed by atoms with Crippen LogP contribution in [0.3, 0.4) is 0 Å². The third-order valence-electron chi connectivity index (χ3n) is 4.35. The zero-order valence-corrected chi connectivity index (χ0v) is 16.6. The van der Waals surface area contributed by atoms with E-state index in [-0.39, 0.29) is 11.4 Å². The largest absolute Gasteiger partial charge is 0.495 e. The number of carbonyl (C=O) groups excluding carboxylic acids is 2. The summed E-state index contributed by atoms with van der Waals surface area (Å²) in [7, 11) is 1.51. The Hall–Kier alpha value is -3.84. The van der Waals surface area contributed by atoms with E-state index in [0.717, 1.165) is 0 Å². The molecule has 0 bridgehead atoms. The van der Waals surface area contributed by atoms with Crippen LogP contribution in [0.2, 0.25) is 5.02 Å². The van der Waals surface area contributed by atoms with Gasteiger partial charge >= 0.3 is 0 Å². The van der Waals surface area contributed by atoms with Crippen LogP contribution in [0.1, 0.15) is 20.9 Å². The molecular weight excluding hydrogens is 406 g/mol. The van der Waals surface area contributed by atoms with Crippen molar-refractivity contribution in [2.24, 2.45) is 0 Å². The predicted octanol–water partition coefficient (Wildman–Crippen LogP) is 4.99. The highest BCUT2D eigenvalue weighted by Gasteiger charge is 2.24. The van der Waals surface area contributed by atoms with Crippen molar-refractivity contribution in [3.63, 3.8) is 0 Å². The number of pyridine rings is 1. The summed E-state index contributed by atoms with van der Waals surface area (Å²) in [5.74, 6) is -0.556. The van der Waals surface area contributed by atoms with Crippen LogP contribution in [-0.4, -0.2) is 23.9 Å². The number of nitrogens with zero attached hydrogens (tertiary/aromatic N) is 1. The topological polar surface area (TPSA) is 93.5 Å². The molecule has 0 aliphatic heterocycles. The summed E-state index contributed by atoms with van der Waals surface area (Å²) in [6.07, 6.45) is 1.55. The molecule has 2 heterocycles. The number of furan rings is 1. The Morgan fingerprint density at radius 1 is 0.967 bits per heavy atom. The van der Waals surface area contributed by atoms with Crippen LogP contribution < -0.4 is 15.4 Å². The summed E-state index contributed by atoms with van der Waals surface area (Å²) < 4.78 is 11.0. The monoisotopic (exact) mass is 421 g/mol. The summed E-state index contributed by atoms with van der Waals surface area (Å²) >= 11 is 5.89. The van der Waals surface area contributed by atoms with Crippen molar-refractivity contribution in [1.29, 1.82) is 0 Å². The summed E-state index contributed by atoms with van der Waals surface area (Å²) in [6, 6.07) is 16.7. The average Bonchev–Trinajstić information content (AvgIpc) is 3.13. The molecule has 4 rings (SSSR count). The van der Waals surface area contributed by atoms with Gasteiger partial charge in [-0.1, -0.05) is 23.7 Å². The highest BCUT2D eigenvalue weighted by atomic mass is 35.5. The van der Waals surface area contributed by atoms with Gasteiger partial charge < -0.3 is 19.8 Å². The minimum absolute atomic E-state index is 0.0723. The zero-order valence-electron chi connectivity index (χ0n) is 15.8. The Kier molecular flexibility index (Phi) is 5.36. The fraction of sp³-hybridized carbons (Fsp3) is 0.0455. The normalized spacial score (nSPS) is 10.6. The molecule has 0 fully saturated rings. The van der Waals surface area contributed by atoms with E-state index in [9.17, 15) is 9.59 Å². The van der Waals surface area contributed by atoms with E-state index in [2.05, 4.69) is 15.6 Å². The number of benzene rings is 2. The summed E-state index contributed by atoms with van der Waals surface area (Å²) in [5.41, 5.74) is 1.76. The molecule has 2 N–H and O–H groups in total. The number of nitrogens with one attached hydrogen (secondary N) is 2.